The van der Waals surface area contributed by atoms with Gasteiger partial charge in [-0.3, -0.25) is 14.8 Å². The Balaban J connectivity index is 1.90. The van der Waals surface area contributed by atoms with Crippen LogP contribution in [0.1, 0.15) is 19.4 Å². The van der Waals surface area contributed by atoms with Gasteiger partial charge in [-0.15, -0.1) is 0 Å². The largest absolute Gasteiger partial charge is 0.392 e. The highest BCUT2D eigenvalue weighted by molar-refractivity contribution is 7.80. The molecular formula is C14H21FN4S. The van der Waals surface area contributed by atoms with Crippen LogP contribution >= 0.6 is 12.2 Å². The number of rotatable bonds is 4. The Morgan fingerprint density at radius 2 is 2.00 bits per heavy atom. The van der Waals surface area contributed by atoms with E-state index < -0.39 is 0 Å². The van der Waals surface area contributed by atoms with E-state index in [1.165, 1.54) is 6.20 Å². The molecule has 0 saturated carbocycles. The van der Waals surface area contributed by atoms with Crippen LogP contribution < -0.4 is 5.73 Å². The molecule has 0 amide bonds. The van der Waals surface area contributed by atoms with Crippen molar-refractivity contribution in [1.82, 2.24) is 14.8 Å². The molecule has 1 aromatic heterocycles. The summed E-state index contributed by atoms with van der Waals surface area (Å²) in [4.78, 5) is 9.00. The molecule has 1 saturated heterocycles. The van der Waals surface area contributed by atoms with Crippen molar-refractivity contribution in [3.8, 4) is 0 Å². The topological polar surface area (TPSA) is 45.4 Å². The van der Waals surface area contributed by atoms with Crippen LogP contribution in [0.15, 0.2) is 18.5 Å². The molecule has 0 aromatic carbocycles. The molecular weight excluding hydrogens is 275 g/mol. The van der Waals surface area contributed by atoms with Crippen molar-refractivity contribution in [3.63, 3.8) is 0 Å². The van der Waals surface area contributed by atoms with E-state index in [0.29, 0.717) is 4.99 Å². The van der Waals surface area contributed by atoms with Gasteiger partial charge in [0.25, 0.3) is 0 Å². The summed E-state index contributed by atoms with van der Waals surface area (Å²) in [5, 5.41) is 0. The summed E-state index contributed by atoms with van der Waals surface area (Å²) in [5.41, 5.74) is 6.46. The van der Waals surface area contributed by atoms with Gasteiger partial charge in [0, 0.05) is 38.9 Å². The minimum Gasteiger partial charge on any atom is -0.392 e. The van der Waals surface area contributed by atoms with Crippen LogP contribution in [0.5, 0.6) is 0 Å². The van der Waals surface area contributed by atoms with E-state index in [9.17, 15) is 4.39 Å². The van der Waals surface area contributed by atoms with Gasteiger partial charge in [0.05, 0.1) is 16.7 Å². The fourth-order valence-corrected chi connectivity index (χ4v) is 2.55. The van der Waals surface area contributed by atoms with Gasteiger partial charge < -0.3 is 5.73 Å². The standard InChI is InChI=1S/C14H21FN4S/c1-14(2,13(16)20)19-5-3-18(4-6-19)10-11-7-12(15)9-17-8-11/h7-9H,3-6,10H2,1-2H3,(H2,16,20). The summed E-state index contributed by atoms with van der Waals surface area (Å²) in [7, 11) is 0. The first kappa shape index (κ1) is 15.3. The number of halogens is 1. The minimum absolute atomic E-state index is 0.248. The quantitative estimate of drug-likeness (QED) is 0.851. The van der Waals surface area contributed by atoms with Gasteiger partial charge in [0.2, 0.25) is 0 Å². The van der Waals surface area contributed by atoms with Gasteiger partial charge in [-0.1, -0.05) is 12.2 Å². The lowest BCUT2D eigenvalue weighted by molar-refractivity contribution is 0.0820. The summed E-state index contributed by atoms with van der Waals surface area (Å²) in [6.45, 7) is 8.50. The van der Waals surface area contributed by atoms with Crippen LogP contribution in [0.4, 0.5) is 4.39 Å². The lowest BCUT2D eigenvalue weighted by Crippen LogP contribution is -2.59. The number of hydrogen-bond acceptors (Lipinski definition) is 4. The number of hydrogen-bond donors (Lipinski definition) is 1. The van der Waals surface area contributed by atoms with E-state index in [-0.39, 0.29) is 11.4 Å². The number of nitrogens with two attached hydrogens (primary N) is 1. The van der Waals surface area contributed by atoms with E-state index in [0.717, 1.165) is 38.3 Å². The van der Waals surface area contributed by atoms with E-state index >= 15 is 0 Å². The molecule has 2 N–H and O–H groups in total. The molecule has 1 aliphatic rings. The fraction of sp³-hybridized carbons (Fsp3) is 0.571. The second-order valence-electron chi connectivity index (χ2n) is 5.70. The van der Waals surface area contributed by atoms with Crippen molar-refractivity contribution in [1.29, 1.82) is 0 Å². The lowest BCUT2D eigenvalue weighted by Gasteiger charge is -2.43. The maximum absolute atomic E-state index is 13.1. The van der Waals surface area contributed by atoms with Gasteiger partial charge in [-0.25, -0.2) is 4.39 Å². The molecule has 110 valence electrons. The molecule has 0 unspecified atom stereocenters. The fourth-order valence-electron chi connectivity index (χ4n) is 2.42. The van der Waals surface area contributed by atoms with Gasteiger partial charge in [0.1, 0.15) is 5.82 Å². The summed E-state index contributed by atoms with van der Waals surface area (Å²) in [6, 6.07) is 1.54. The molecule has 20 heavy (non-hydrogen) atoms. The minimum atomic E-state index is -0.282. The molecule has 0 atom stereocenters. The summed E-state index contributed by atoms with van der Waals surface area (Å²) >= 11 is 5.13. The first-order valence-corrected chi connectivity index (χ1v) is 7.17. The molecule has 1 fully saturated rings. The van der Waals surface area contributed by atoms with Crippen LogP contribution in [-0.2, 0) is 6.54 Å². The van der Waals surface area contributed by atoms with Crippen LogP contribution in [0.2, 0.25) is 0 Å². The Labute approximate surface area is 124 Å². The number of nitrogens with zero attached hydrogens (tertiary/aromatic N) is 3. The highest BCUT2D eigenvalue weighted by atomic mass is 32.1. The molecule has 4 nitrogen and oxygen atoms in total. The smallest absolute Gasteiger partial charge is 0.141 e. The Morgan fingerprint density at radius 1 is 1.35 bits per heavy atom. The third-order valence-electron chi connectivity index (χ3n) is 3.93. The zero-order valence-electron chi connectivity index (χ0n) is 12.0. The zero-order chi connectivity index (χ0) is 14.8. The first-order chi connectivity index (χ1) is 9.39. The van der Waals surface area contributed by atoms with Crippen LogP contribution in [0.25, 0.3) is 0 Å². The van der Waals surface area contributed by atoms with Crippen LogP contribution in [-0.4, -0.2) is 51.5 Å². The molecule has 2 heterocycles. The third-order valence-corrected chi connectivity index (χ3v) is 4.43. The molecule has 1 aromatic rings. The molecule has 6 heteroatoms. The van der Waals surface area contributed by atoms with Gasteiger partial charge in [-0.2, -0.15) is 0 Å². The average molecular weight is 296 g/mol. The van der Waals surface area contributed by atoms with Crippen LogP contribution in [0.3, 0.4) is 0 Å². The van der Waals surface area contributed by atoms with Crippen LogP contribution in [0, 0.1) is 5.82 Å². The summed E-state index contributed by atoms with van der Waals surface area (Å²) in [5.74, 6) is -0.282. The monoisotopic (exact) mass is 296 g/mol. The van der Waals surface area contributed by atoms with Crippen molar-refractivity contribution in [2.45, 2.75) is 25.9 Å². The van der Waals surface area contributed by atoms with Crippen molar-refractivity contribution in [2.75, 3.05) is 26.2 Å². The lowest BCUT2D eigenvalue weighted by atomic mass is 10.0. The average Bonchev–Trinajstić information content (AvgIpc) is 2.39. The Morgan fingerprint density at radius 3 is 2.55 bits per heavy atom. The van der Waals surface area contributed by atoms with Gasteiger partial charge in [0.15, 0.2) is 0 Å². The van der Waals surface area contributed by atoms with Gasteiger partial charge in [-0.05, 0) is 25.5 Å². The number of pyridine rings is 1. The van der Waals surface area contributed by atoms with E-state index in [1.807, 2.05) is 0 Å². The first-order valence-electron chi connectivity index (χ1n) is 6.76. The van der Waals surface area contributed by atoms with E-state index in [2.05, 4.69) is 28.6 Å². The number of aromatic nitrogens is 1. The van der Waals surface area contributed by atoms with E-state index in [1.54, 1.807) is 12.3 Å². The SMILES string of the molecule is CC(C)(C(N)=S)N1CCN(Cc2cncc(F)c2)CC1. The molecule has 0 radical (unpaired) electrons. The molecule has 1 aliphatic heterocycles. The van der Waals surface area contributed by atoms with Crippen molar-refractivity contribution in [3.05, 3.63) is 29.8 Å². The predicted molar refractivity (Wildman–Crippen MR) is 81.9 cm³/mol. The molecule has 0 bridgehead atoms. The predicted octanol–water partition coefficient (Wildman–Crippen LogP) is 1.40. The van der Waals surface area contributed by atoms with Crippen molar-refractivity contribution >= 4 is 17.2 Å². The second-order valence-corrected chi connectivity index (χ2v) is 6.14. The highest BCUT2D eigenvalue weighted by Gasteiger charge is 2.32. The molecule has 2 rings (SSSR count). The maximum atomic E-state index is 13.1. The van der Waals surface area contributed by atoms with Crippen molar-refractivity contribution in [2.24, 2.45) is 5.73 Å². The Hall–Kier alpha value is -1.11. The second kappa shape index (κ2) is 6.11. The maximum Gasteiger partial charge on any atom is 0.141 e. The highest BCUT2D eigenvalue weighted by Crippen LogP contribution is 2.18. The zero-order valence-corrected chi connectivity index (χ0v) is 12.8. The molecule has 0 spiro atoms. The van der Waals surface area contributed by atoms with Gasteiger partial charge >= 0.3 is 0 Å². The normalized spacial score (nSPS) is 18.1. The Bertz CT molecular complexity index is 484. The molecule has 0 aliphatic carbocycles. The summed E-state index contributed by atoms with van der Waals surface area (Å²) < 4.78 is 13.1. The summed E-state index contributed by atoms with van der Waals surface area (Å²) in [6.07, 6.45) is 2.94. The number of piperazine rings is 1. The van der Waals surface area contributed by atoms with Crippen molar-refractivity contribution < 1.29 is 4.39 Å². The third kappa shape index (κ3) is 3.50. The Kier molecular flexibility index (Phi) is 4.67. The number of thiocarbonyl (C=S) groups is 1. The van der Waals surface area contributed by atoms with E-state index in [4.69, 9.17) is 18.0 Å².